The molecule has 0 bridgehead atoms. The maximum absolute atomic E-state index is 3.54. The van der Waals surface area contributed by atoms with Crippen molar-refractivity contribution in [1.29, 1.82) is 0 Å². The Morgan fingerprint density at radius 3 is 2.07 bits per heavy atom. The van der Waals surface area contributed by atoms with Gasteiger partial charge in [0.2, 0.25) is 0 Å². The third-order valence-electron chi connectivity index (χ3n) is 2.02. The Labute approximate surface area is 95.0 Å². The summed E-state index contributed by atoms with van der Waals surface area (Å²) in [6.07, 6.45) is 0. The molecule has 1 atom stereocenters. The van der Waals surface area contributed by atoms with Gasteiger partial charge in [0.25, 0.3) is 0 Å². The van der Waals surface area contributed by atoms with Crippen molar-refractivity contribution >= 4 is 15.9 Å². The molecule has 1 unspecified atom stereocenters. The lowest BCUT2D eigenvalue weighted by Crippen LogP contribution is -2.37. The standard InChI is InChI=1S/C12H18BrN/c1-9(14-12(2,3)4)10-5-7-11(13)8-6-10/h5-9,14H,1-4H3. The fraction of sp³-hybridized carbons (Fsp3) is 0.500. The van der Waals surface area contributed by atoms with Crippen molar-refractivity contribution in [3.63, 3.8) is 0 Å². The maximum Gasteiger partial charge on any atom is 0.0296 e. The first kappa shape index (κ1) is 11.7. The molecule has 0 heterocycles. The van der Waals surface area contributed by atoms with Crippen LogP contribution in [0.4, 0.5) is 0 Å². The average Bonchev–Trinajstić information content (AvgIpc) is 2.02. The van der Waals surface area contributed by atoms with E-state index < -0.39 is 0 Å². The van der Waals surface area contributed by atoms with Crippen LogP contribution in [0.1, 0.15) is 39.3 Å². The Morgan fingerprint density at radius 1 is 1.14 bits per heavy atom. The van der Waals surface area contributed by atoms with Crippen molar-refractivity contribution in [3.8, 4) is 0 Å². The quantitative estimate of drug-likeness (QED) is 0.846. The third-order valence-corrected chi connectivity index (χ3v) is 2.55. The van der Waals surface area contributed by atoms with E-state index in [2.05, 4.69) is 73.2 Å². The molecule has 0 fully saturated rings. The van der Waals surface area contributed by atoms with Crippen molar-refractivity contribution in [2.75, 3.05) is 0 Å². The number of rotatable bonds is 2. The first-order valence-electron chi connectivity index (χ1n) is 4.92. The first-order valence-corrected chi connectivity index (χ1v) is 5.71. The van der Waals surface area contributed by atoms with E-state index in [0.717, 1.165) is 4.47 Å². The molecule has 14 heavy (non-hydrogen) atoms. The average molecular weight is 256 g/mol. The van der Waals surface area contributed by atoms with Gasteiger partial charge in [-0.15, -0.1) is 0 Å². The minimum atomic E-state index is 0.159. The molecule has 0 aliphatic rings. The van der Waals surface area contributed by atoms with Gasteiger partial charge in [0.15, 0.2) is 0 Å². The Hall–Kier alpha value is -0.340. The Morgan fingerprint density at radius 2 is 1.64 bits per heavy atom. The summed E-state index contributed by atoms with van der Waals surface area (Å²) in [6, 6.07) is 8.84. The van der Waals surface area contributed by atoms with Crippen LogP contribution < -0.4 is 5.32 Å². The summed E-state index contributed by atoms with van der Waals surface area (Å²) < 4.78 is 1.13. The minimum absolute atomic E-state index is 0.159. The summed E-state index contributed by atoms with van der Waals surface area (Å²) in [5.74, 6) is 0. The lowest BCUT2D eigenvalue weighted by Gasteiger charge is -2.26. The van der Waals surface area contributed by atoms with Crippen molar-refractivity contribution in [2.45, 2.75) is 39.3 Å². The zero-order valence-corrected chi connectivity index (χ0v) is 10.9. The number of hydrogen-bond donors (Lipinski definition) is 1. The lowest BCUT2D eigenvalue weighted by molar-refractivity contribution is 0.378. The molecule has 2 heteroatoms. The zero-order chi connectivity index (χ0) is 10.8. The molecule has 1 N–H and O–H groups in total. The van der Waals surface area contributed by atoms with E-state index in [1.54, 1.807) is 0 Å². The van der Waals surface area contributed by atoms with Crippen molar-refractivity contribution in [1.82, 2.24) is 5.32 Å². The van der Waals surface area contributed by atoms with E-state index in [1.807, 2.05) is 0 Å². The maximum atomic E-state index is 3.54. The molecule has 1 aromatic carbocycles. The fourth-order valence-electron chi connectivity index (χ4n) is 1.48. The van der Waals surface area contributed by atoms with Crippen molar-refractivity contribution < 1.29 is 0 Å². The molecular weight excluding hydrogens is 238 g/mol. The van der Waals surface area contributed by atoms with Crippen LogP contribution in [0.2, 0.25) is 0 Å². The van der Waals surface area contributed by atoms with Crippen LogP contribution in [0.3, 0.4) is 0 Å². The lowest BCUT2D eigenvalue weighted by atomic mass is 10.0. The van der Waals surface area contributed by atoms with Gasteiger partial charge in [0.05, 0.1) is 0 Å². The van der Waals surface area contributed by atoms with Gasteiger partial charge in [0, 0.05) is 16.1 Å². The second-order valence-corrected chi connectivity index (χ2v) is 5.58. The normalized spacial score (nSPS) is 14.1. The highest BCUT2D eigenvalue weighted by atomic mass is 79.9. The second-order valence-electron chi connectivity index (χ2n) is 4.67. The van der Waals surface area contributed by atoms with E-state index in [9.17, 15) is 0 Å². The van der Waals surface area contributed by atoms with Crippen LogP contribution in [0.25, 0.3) is 0 Å². The van der Waals surface area contributed by atoms with Gasteiger partial charge in [-0.3, -0.25) is 0 Å². The zero-order valence-electron chi connectivity index (χ0n) is 9.26. The predicted octanol–water partition coefficient (Wildman–Crippen LogP) is 3.90. The SMILES string of the molecule is CC(NC(C)(C)C)c1ccc(Br)cc1. The third kappa shape index (κ3) is 3.81. The van der Waals surface area contributed by atoms with Gasteiger partial charge in [-0.1, -0.05) is 28.1 Å². The van der Waals surface area contributed by atoms with Gasteiger partial charge in [-0.2, -0.15) is 0 Å². The van der Waals surface area contributed by atoms with E-state index in [1.165, 1.54) is 5.56 Å². The first-order chi connectivity index (χ1) is 6.38. The Balaban J connectivity index is 2.70. The molecule has 0 radical (unpaired) electrons. The van der Waals surface area contributed by atoms with E-state index in [-0.39, 0.29) is 5.54 Å². The van der Waals surface area contributed by atoms with Crippen LogP contribution in [-0.4, -0.2) is 5.54 Å². The topological polar surface area (TPSA) is 12.0 Å². The molecule has 0 amide bonds. The van der Waals surface area contributed by atoms with Crippen LogP contribution in [0.15, 0.2) is 28.7 Å². The van der Waals surface area contributed by atoms with E-state index in [4.69, 9.17) is 0 Å². The Kier molecular flexibility index (Phi) is 3.73. The Bertz CT molecular complexity index is 284. The van der Waals surface area contributed by atoms with Gasteiger partial charge >= 0.3 is 0 Å². The highest BCUT2D eigenvalue weighted by Gasteiger charge is 2.14. The molecular formula is C12H18BrN. The minimum Gasteiger partial charge on any atom is -0.306 e. The fourth-order valence-corrected chi connectivity index (χ4v) is 1.75. The number of hydrogen-bond acceptors (Lipinski definition) is 1. The highest BCUT2D eigenvalue weighted by Crippen LogP contribution is 2.18. The monoisotopic (exact) mass is 255 g/mol. The van der Waals surface area contributed by atoms with Crippen LogP contribution in [0.5, 0.6) is 0 Å². The van der Waals surface area contributed by atoms with E-state index in [0.29, 0.717) is 6.04 Å². The predicted molar refractivity (Wildman–Crippen MR) is 65.4 cm³/mol. The van der Waals surface area contributed by atoms with Crippen molar-refractivity contribution in [2.24, 2.45) is 0 Å². The highest BCUT2D eigenvalue weighted by molar-refractivity contribution is 9.10. The summed E-state index contributed by atoms with van der Waals surface area (Å²) >= 11 is 3.44. The van der Waals surface area contributed by atoms with Crippen LogP contribution in [0, 0.1) is 0 Å². The molecule has 1 nitrogen and oxygen atoms in total. The molecule has 0 aliphatic heterocycles. The number of halogens is 1. The summed E-state index contributed by atoms with van der Waals surface area (Å²) in [4.78, 5) is 0. The van der Waals surface area contributed by atoms with E-state index >= 15 is 0 Å². The van der Waals surface area contributed by atoms with Gasteiger partial charge < -0.3 is 5.32 Å². The molecule has 0 saturated carbocycles. The second kappa shape index (κ2) is 4.45. The van der Waals surface area contributed by atoms with Crippen molar-refractivity contribution in [3.05, 3.63) is 34.3 Å². The molecule has 1 aromatic rings. The number of benzene rings is 1. The molecule has 0 saturated heterocycles. The van der Waals surface area contributed by atoms with Gasteiger partial charge in [-0.05, 0) is 45.4 Å². The van der Waals surface area contributed by atoms with Crippen LogP contribution >= 0.6 is 15.9 Å². The molecule has 0 aliphatic carbocycles. The molecule has 0 aromatic heterocycles. The van der Waals surface area contributed by atoms with Gasteiger partial charge in [0.1, 0.15) is 0 Å². The summed E-state index contributed by atoms with van der Waals surface area (Å²) in [6.45, 7) is 8.74. The molecule has 78 valence electrons. The summed E-state index contributed by atoms with van der Waals surface area (Å²) in [5, 5.41) is 3.54. The smallest absolute Gasteiger partial charge is 0.0296 e. The largest absolute Gasteiger partial charge is 0.306 e. The van der Waals surface area contributed by atoms with Gasteiger partial charge in [-0.25, -0.2) is 0 Å². The molecule has 0 spiro atoms. The summed E-state index contributed by atoms with van der Waals surface area (Å²) in [5.41, 5.74) is 1.48. The summed E-state index contributed by atoms with van der Waals surface area (Å²) in [7, 11) is 0. The molecule has 1 rings (SSSR count). The van der Waals surface area contributed by atoms with Crippen LogP contribution in [-0.2, 0) is 0 Å². The number of nitrogens with one attached hydrogen (secondary N) is 1.